The highest BCUT2D eigenvalue weighted by Gasteiger charge is 2.25. The molecule has 2 N–H and O–H groups in total. The van der Waals surface area contributed by atoms with E-state index < -0.39 is 40.1 Å². The molecule has 0 fully saturated rings. The van der Waals surface area contributed by atoms with Crippen LogP contribution in [-0.2, 0) is 16.0 Å². The maximum atomic E-state index is 13.9. The zero-order valence-corrected chi connectivity index (χ0v) is 18.3. The van der Waals surface area contributed by atoms with E-state index in [0.29, 0.717) is 10.6 Å². The summed E-state index contributed by atoms with van der Waals surface area (Å²) >= 11 is 1.09. The van der Waals surface area contributed by atoms with E-state index in [2.05, 4.69) is 5.32 Å². The minimum atomic E-state index is -1.68. The van der Waals surface area contributed by atoms with Gasteiger partial charge >= 0.3 is 0 Å². The molecule has 0 saturated carbocycles. The SMILES string of the molecule is CCC(Sc1cccc(NC(=O)Cc2ccccc2)c1)C(=O)Nc1c(F)c(F)cc(F)c1F. The molecule has 3 aromatic rings. The Bertz CT molecular complexity index is 1130. The Morgan fingerprint density at radius 3 is 2.18 bits per heavy atom. The molecular weight excluding hydrogens is 456 g/mol. The van der Waals surface area contributed by atoms with Gasteiger partial charge in [0.15, 0.2) is 23.3 Å². The Morgan fingerprint density at radius 2 is 1.55 bits per heavy atom. The lowest BCUT2D eigenvalue weighted by Gasteiger charge is -2.16. The maximum absolute atomic E-state index is 13.9. The minimum Gasteiger partial charge on any atom is -0.326 e. The molecule has 0 heterocycles. The van der Waals surface area contributed by atoms with Gasteiger partial charge in [-0.1, -0.05) is 43.3 Å². The van der Waals surface area contributed by atoms with Crippen LogP contribution in [0.2, 0.25) is 0 Å². The van der Waals surface area contributed by atoms with Gasteiger partial charge in [0.05, 0.1) is 11.7 Å². The van der Waals surface area contributed by atoms with Gasteiger partial charge in [0.25, 0.3) is 0 Å². The van der Waals surface area contributed by atoms with E-state index in [-0.39, 0.29) is 24.8 Å². The second-order valence-electron chi connectivity index (χ2n) is 7.09. The van der Waals surface area contributed by atoms with Gasteiger partial charge in [0, 0.05) is 16.6 Å². The highest BCUT2D eigenvalue weighted by molar-refractivity contribution is 8.00. The third-order valence-corrected chi connectivity index (χ3v) is 5.98. The predicted molar refractivity (Wildman–Crippen MR) is 120 cm³/mol. The molecule has 0 radical (unpaired) electrons. The van der Waals surface area contributed by atoms with Crippen molar-refractivity contribution in [2.45, 2.75) is 29.9 Å². The number of halogens is 4. The summed E-state index contributed by atoms with van der Waals surface area (Å²) in [5, 5.41) is 3.91. The molecule has 0 spiro atoms. The van der Waals surface area contributed by atoms with Gasteiger partial charge < -0.3 is 10.6 Å². The van der Waals surface area contributed by atoms with Crippen LogP contribution in [0, 0.1) is 23.3 Å². The first-order chi connectivity index (χ1) is 15.8. The molecule has 0 aromatic heterocycles. The number of carbonyl (C=O) groups excluding carboxylic acids is 2. The van der Waals surface area contributed by atoms with Crippen molar-refractivity contribution in [1.82, 2.24) is 0 Å². The number of hydrogen-bond acceptors (Lipinski definition) is 3. The predicted octanol–water partition coefficient (Wildman–Crippen LogP) is 5.93. The molecule has 172 valence electrons. The van der Waals surface area contributed by atoms with Crippen molar-refractivity contribution in [3.8, 4) is 0 Å². The molecule has 3 aromatic carbocycles. The van der Waals surface area contributed by atoms with Crippen LogP contribution in [0.25, 0.3) is 0 Å². The molecule has 0 saturated heterocycles. The van der Waals surface area contributed by atoms with Gasteiger partial charge in [-0.2, -0.15) is 0 Å². The Morgan fingerprint density at radius 1 is 0.879 bits per heavy atom. The molecule has 33 heavy (non-hydrogen) atoms. The van der Waals surface area contributed by atoms with Crippen molar-refractivity contribution in [3.05, 3.63) is 89.5 Å². The van der Waals surface area contributed by atoms with Crippen molar-refractivity contribution in [1.29, 1.82) is 0 Å². The summed E-state index contributed by atoms with van der Waals surface area (Å²) < 4.78 is 54.6. The van der Waals surface area contributed by atoms with Gasteiger partial charge in [-0.15, -0.1) is 11.8 Å². The van der Waals surface area contributed by atoms with Crippen LogP contribution in [0.4, 0.5) is 28.9 Å². The van der Waals surface area contributed by atoms with Gasteiger partial charge in [0.1, 0.15) is 5.69 Å². The van der Waals surface area contributed by atoms with E-state index in [4.69, 9.17) is 0 Å². The highest BCUT2D eigenvalue weighted by atomic mass is 32.2. The summed E-state index contributed by atoms with van der Waals surface area (Å²) in [5.74, 6) is -7.60. The van der Waals surface area contributed by atoms with E-state index in [1.165, 1.54) is 0 Å². The zero-order chi connectivity index (χ0) is 24.0. The summed E-state index contributed by atoms with van der Waals surface area (Å²) in [6.07, 6.45) is 0.460. The number of anilines is 2. The molecular formula is C24H20F4N2O2S. The molecule has 1 unspecified atom stereocenters. The topological polar surface area (TPSA) is 58.2 Å². The quantitative estimate of drug-likeness (QED) is 0.241. The summed E-state index contributed by atoms with van der Waals surface area (Å²) in [5.41, 5.74) is 0.204. The molecule has 9 heteroatoms. The highest BCUT2D eigenvalue weighted by Crippen LogP contribution is 2.30. The molecule has 1 atom stereocenters. The number of amides is 2. The van der Waals surface area contributed by atoms with E-state index in [1.807, 2.05) is 35.6 Å². The van der Waals surface area contributed by atoms with Crippen LogP contribution >= 0.6 is 11.8 Å². The smallest absolute Gasteiger partial charge is 0.238 e. The van der Waals surface area contributed by atoms with Crippen LogP contribution in [0.3, 0.4) is 0 Å². The van der Waals surface area contributed by atoms with Crippen LogP contribution in [0.15, 0.2) is 65.6 Å². The van der Waals surface area contributed by atoms with Crippen molar-refractivity contribution in [2.24, 2.45) is 0 Å². The first kappa shape index (κ1) is 24.3. The molecule has 0 aliphatic carbocycles. The largest absolute Gasteiger partial charge is 0.326 e. The van der Waals surface area contributed by atoms with Crippen LogP contribution in [0.1, 0.15) is 18.9 Å². The zero-order valence-electron chi connectivity index (χ0n) is 17.5. The molecule has 0 bridgehead atoms. The molecule has 2 amide bonds. The Hall–Kier alpha value is -3.33. The Labute approximate surface area is 192 Å². The van der Waals surface area contributed by atoms with Gasteiger partial charge in [-0.05, 0) is 30.2 Å². The van der Waals surface area contributed by atoms with E-state index in [9.17, 15) is 27.2 Å². The summed E-state index contributed by atoms with van der Waals surface area (Å²) in [6.45, 7) is 1.68. The van der Waals surface area contributed by atoms with Crippen molar-refractivity contribution >= 4 is 35.0 Å². The third-order valence-electron chi connectivity index (χ3n) is 4.63. The number of thioether (sulfide) groups is 1. The monoisotopic (exact) mass is 476 g/mol. The summed E-state index contributed by atoms with van der Waals surface area (Å²) in [6, 6.07) is 16.0. The molecule has 0 aliphatic heterocycles. The van der Waals surface area contributed by atoms with Gasteiger partial charge in [0.2, 0.25) is 11.8 Å². The average Bonchev–Trinajstić information content (AvgIpc) is 2.79. The fraction of sp³-hybridized carbons (Fsp3) is 0.167. The van der Waals surface area contributed by atoms with Crippen molar-refractivity contribution in [3.63, 3.8) is 0 Å². The van der Waals surface area contributed by atoms with Crippen molar-refractivity contribution < 1.29 is 27.2 Å². The second-order valence-corrected chi connectivity index (χ2v) is 8.36. The van der Waals surface area contributed by atoms with Gasteiger partial charge in [-0.25, -0.2) is 17.6 Å². The van der Waals surface area contributed by atoms with Gasteiger partial charge in [-0.3, -0.25) is 9.59 Å². The lowest BCUT2D eigenvalue weighted by atomic mass is 10.1. The average molecular weight is 476 g/mol. The number of benzene rings is 3. The standard InChI is InChI=1S/C24H20F4N2O2S/c1-2-19(24(32)30-23-21(27)17(25)13-18(26)22(23)28)33-16-10-6-9-15(12-16)29-20(31)11-14-7-4-3-5-8-14/h3-10,12-13,19H,2,11H2,1H3,(H,29,31)(H,30,32). The van der Waals surface area contributed by atoms with E-state index >= 15 is 0 Å². The first-order valence-corrected chi connectivity index (χ1v) is 10.9. The number of nitrogens with one attached hydrogen (secondary N) is 2. The van der Waals surface area contributed by atoms with E-state index in [0.717, 1.165) is 17.3 Å². The first-order valence-electron chi connectivity index (χ1n) is 10.0. The summed E-state index contributed by atoms with van der Waals surface area (Å²) in [7, 11) is 0. The fourth-order valence-corrected chi connectivity index (χ4v) is 4.02. The second kappa shape index (κ2) is 11.0. The Kier molecular flexibility index (Phi) is 8.11. The maximum Gasteiger partial charge on any atom is 0.238 e. The van der Waals surface area contributed by atoms with Crippen LogP contribution in [-0.4, -0.2) is 17.1 Å². The number of rotatable bonds is 8. The molecule has 3 rings (SSSR count). The fourth-order valence-electron chi connectivity index (χ4n) is 3.01. The Balaban J connectivity index is 1.68. The minimum absolute atomic E-state index is 0.0734. The van der Waals surface area contributed by atoms with E-state index in [1.54, 1.807) is 31.2 Å². The normalized spacial score (nSPS) is 11.7. The lowest BCUT2D eigenvalue weighted by molar-refractivity contribution is -0.116. The lowest BCUT2D eigenvalue weighted by Crippen LogP contribution is -2.26. The summed E-state index contributed by atoms with van der Waals surface area (Å²) in [4.78, 5) is 25.5. The van der Waals surface area contributed by atoms with Crippen LogP contribution < -0.4 is 10.6 Å². The van der Waals surface area contributed by atoms with Crippen molar-refractivity contribution in [2.75, 3.05) is 10.6 Å². The molecule has 0 aliphatic rings. The molecule has 4 nitrogen and oxygen atoms in total. The number of hydrogen-bond donors (Lipinski definition) is 2. The third kappa shape index (κ3) is 6.35. The number of carbonyl (C=O) groups is 2. The van der Waals surface area contributed by atoms with Crippen LogP contribution in [0.5, 0.6) is 0 Å².